The van der Waals surface area contributed by atoms with E-state index in [0.29, 0.717) is 11.5 Å². The fourth-order valence-electron chi connectivity index (χ4n) is 2.28. The molecule has 0 fully saturated rings. The minimum atomic E-state index is 0.245. The number of hydrogen-bond acceptors (Lipinski definition) is 7. The van der Waals surface area contributed by atoms with Gasteiger partial charge in [-0.05, 0) is 61.4 Å². The van der Waals surface area contributed by atoms with Crippen LogP contribution in [0.2, 0.25) is 0 Å². The Morgan fingerprint density at radius 2 is 1.35 bits per heavy atom. The van der Waals surface area contributed by atoms with Crippen LogP contribution < -0.4 is 11.5 Å². The van der Waals surface area contributed by atoms with Gasteiger partial charge in [-0.2, -0.15) is 15.3 Å². The third-order valence-corrected chi connectivity index (χ3v) is 3.76. The Balaban J connectivity index is 1.79. The van der Waals surface area contributed by atoms with E-state index in [1.165, 1.54) is 0 Å². The number of rotatable bonds is 4. The van der Waals surface area contributed by atoms with E-state index < -0.39 is 0 Å². The third kappa shape index (κ3) is 4.07. The Bertz CT molecular complexity index is 993. The summed E-state index contributed by atoms with van der Waals surface area (Å²) in [6.07, 6.45) is 0. The van der Waals surface area contributed by atoms with Crippen molar-refractivity contribution in [2.45, 2.75) is 13.8 Å². The molecule has 1 heterocycles. The van der Waals surface area contributed by atoms with E-state index >= 15 is 0 Å². The summed E-state index contributed by atoms with van der Waals surface area (Å²) in [6.45, 7) is 3.94. The summed E-state index contributed by atoms with van der Waals surface area (Å²) in [7, 11) is 0. The summed E-state index contributed by atoms with van der Waals surface area (Å²) in [4.78, 5) is 3.96. The molecule has 0 saturated heterocycles. The quantitative estimate of drug-likeness (QED) is 0.591. The van der Waals surface area contributed by atoms with Crippen molar-refractivity contribution in [2.24, 2.45) is 20.5 Å². The zero-order valence-corrected chi connectivity index (χ0v) is 14.6. The molecule has 130 valence electrons. The Hall–Kier alpha value is -3.61. The molecule has 0 aliphatic rings. The van der Waals surface area contributed by atoms with Gasteiger partial charge in [0.1, 0.15) is 11.5 Å². The van der Waals surface area contributed by atoms with E-state index in [-0.39, 0.29) is 5.82 Å². The van der Waals surface area contributed by atoms with E-state index in [1.54, 1.807) is 12.1 Å². The lowest BCUT2D eigenvalue weighted by Crippen LogP contribution is -1.95. The van der Waals surface area contributed by atoms with Crippen molar-refractivity contribution in [3.05, 3.63) is 65.7 Å². The van der Waals surface area contributed by atoms with Crippen LogP contribution in [0.4, 0.5) is 34.4 Å². The van der Waals surface area contributed by atoms with Gasteiger partial charge in [0.25, 0.3) is 0 Å². The molecule has 3 aromatic rings. The maximum absolute atomic E-state index is 5.78. The van der Waals surface area contributed by atoms with E-state index in [2.05, 4.69) is 25.4 Å². The minimum absolute atomic E-state index is 0.245. The Labute approximate surface area is 151 Å². The maximum atomic E-state index is 5.78. The first kappa shape index (κ1) is 17.2. The molecule has 7 nitrogen and oxygen atoms in total. The second-order valence-electron chi connectivity index (χ2n) is 5.80. The first-order valence-corrected chi connectivity index (χ1v) is 8.05. The summed E-state index contributed by atoms with van der Waals surface area (Å²) in [5, 5.41) is 17.0. The molecular weight excluding hydrogens is 326 g/mol. The van der Waals surface area contributed by atoms with E-state index in [0.717, 1.165) is 28.2 Å². The first-order valence-electron chi connectivity index (χ1n) is 8.05. The standard InChI is InChI=1S/C19H19N7/c1-12-5-3-4-6-15(12)24-23-14-7-8-16(13(2)11-14)25-26-17-9-10-18(20)22-19(17)21/h3-11H,1-2H3,(H4,20,21,22). The molecule has 2 aromatic carbocycles. The van der Waals surface area contributed by atoms with Gasteiger partial charge in [-0.1, -0.05) is 18.2 Å². The molecule has 26 heavy (non-hydrogen) atoms. The molecule has 0 spiro atoms. The van der Waals surface area contributed by atoms with Crippen molar-refractivity contribution in [2.75, 3.05) is 11.5 Å². The highest BCUT2D eigenvalue weighted by atomic mass is 15.1. The predicted octanol–water partition coefficient (Wildman–Crippen LogP) is 5.69. The van der Waals surface area contributed by atoms with Gasteiger partial charge in [-0.15, -0.1) is 5.11 Å². The highest BCUT2D eigenvalue weighted by Crippen LogP contribution is 2.29. The van der Waals surface area contributed by atoms with Gasteiger partial charge in [-0.25, -0.2) is 4.98 Å². The maximum Gasteiger partial charge on any atom is 0.153 e. The topological polar surface area (TPSA) is 114 Å². The van der Waals surface area contributed by atoms with Crippen molar-refractivity contribution >= 4 is 34.4 Å². The average Bonchev–Trinajstić information content (AvgIpc) is 2.61. The highest BCUT2D eigenvalue weighted by molar-refractivity contribution is 5.61. The van der Waals surface area contributed by atoms with Crippen LogP contribution in [0.3, 0.4) is 0 Å². The predicted molar refractivity (Wildman–Crippen MR) is 104 cm³/mol. The fourth-order valence-corrected chi connectivity index (χ4v) is 2.28. The number of nitrogens with zero attached hydrogens (tertiary/aromatic N) is 5. The van der Waals surface area contributed by atoms with Crippen LogP contribution in [0, 0.1) is 13.8 Å². The number of azo groups is 2. The van der Waals surface area contributed by atoms with Crippen LogP contribution in [0.5, 0.6) is 0 Å². The molecular formula is C19H19N7. The highest BCUT2D eigenvalue weighted by Gasteiger charge is 2.02. The van der Waals surface area contributed by atoms with Crippen LogP contribution in [0.1, 0.15) is 11.1 Å². The number of pyridine rings is 1. The van der Waals surface area contributed by atoms with Crippen molar-refractivity contribution < 1.29 is 0 Å². The van der Waals surface area contributed by atoms with Crippen LogP contribution in [-0.2, 0) is 0 Å². The summed E-state index contributed by atoms with van der Waals surface area (Å²) >= 11 is 0. The summed E-state index contributed by atoms with van der Waals surface area (Å²) in [5.74, 6) is 0.594. The monoisotopic (exact) mass is 345 g/mol. The summed E-state index contributed by atoms with van der Waals surface area (Å²) < 4.78 is 0. The number of hydrogen-bond donors (Lipinski definition) is 2. The molecule has 0 atom stereocenters. The average molecular weight is 345 g/mol. The van der Waals surface area contributed by atoms with Crippen molar-refractivity contribution in [3.8, 4) is 0 Å². The molecule has 0 radical (unpaired) electrons. The largest absolute Gasteiger partial charge is 0.384 e. The zero-order chi connectivity index (χ0) is 18.5. The molecule has 0 saturated carbocycles. The molecule has 0 aliphatic heterocycles. The fraction of sp³-hybridized carbons (Fsp3) is 0.105. The third-order valence-electron chi connectivity index (χ3n) is 3.76. The number of nitrogen functional groups attached to an aromatic ring is 2. The van der Waals surface area contributed by atoms with Gasteiger partial charge < -0.3 is 11.5 Å². The molecule has 7 heteroatoms. The Morgan fingerprint density at radius 3 is 2.08 bits per heavy atom. The SMILES string of the molecule is Cc1ccccc1N=Nc1ccc(N=Nc2ccc(N)nc2N)c(C)c1. The lowest BCUT2D eigenvalue weighted by atomic mass is 10.2. The van der Waals surface area contributed by atoms with Crippen molar-refractivity contribution in [1.82, 2.24) is 4.98 Å². The zero-order valence-electron chi connectivity index (χ0n) is 14.6. The number of aromatic nitrogens is 1. The van der Waals surface area contributed by atoms with E-state index in [9.17, 15) is 0 Å². The molecule has 4 N–H and O–H groups in total. The van der Waals surface area contributed by atoms with E-state index in [1.807, 2.05) is 56.3 Å². The van der Waals surface area contributed by atoms with Crippen LogP contribution in [-0.4, -0.2) is 4.98 Å². The number of nitrogens with two attached hydrogens (primary N) is 2. The Kier molecular flexibility index (Phi) is 4.98. The lowest BCUT2D eigenvalue weighted by Gasteiger charge is -2.02. The number of anilines is 2. The second-order valence-corrected chi connectivity index (χ2v) is 5.80. The van der Waals surface area contributed by atoms with Gasteiger partial charge in [0.2, 0.25) is 0 Å². The van der Waals surface area contributed by atoms with Gasteiger partial charge >= 0.3 is 0 Å². The molecule has 1 aromatic heterocycles. The molecule has 3 rings (SSSR count). The summed E-state index contributed by atoms with van der Waals surface area (Å²) in [6, 6.07) is 16.7. The smallest absolute Gasteiger partial charge is 0.153 e. The van der Waals surface area contributed by atoms with Gasteiger partial charge in [0, 0.05) is 0 Å². The molecule has 0 bridgehead atoms. The second kappa shape index (κ2) is 7.52. The van der Waals surface area contributed by atoms with Gasteiger partial charge in [-0.3, -0.25) is 0 Å². The normalized spacial score (nSPS) is 11.5. The van der Waals surface area contributed by atoms with Crippen LogP contribution in [0.15, 0.2) is 75.1 Å². The number of benzene rings is 2. The molecule has 0 amide bonds. The summed E-state index contributed by atoms with van der Waals surface area (Å²) in [5.41, 5.74) is 16.1. The van der Waals surface area contributed by atoms with Crippen LogP contribution in [0.25, 0.3) is 0 Å². The first-order chi connectivity index (χ1) is 12.5. The molecule has 0 unspecified atom stereocenters. The minimum Gasteiger partial charge on any atom is -0.384 e. The van der Waals surface area contributed by atoms with Crippen molar-refractivity contribution in [3.63, 3.8) is 0 Å². The Morgan fingerprint density at radius 1 is 0.692 bits per heavy atom. The lowest BCUT2D eigenvalue weighted by molar-refractivity contribution is 1.17. The van der Waals surface area contributed by atoms with Crippen LogP contribution >= 0.6 is 0 Å². The van der Waals surface area contributed by atoms with Gasteiger partial charge in [0.15, 0.2) is 5.82 Å². The molecule has 0 aliphatic carbocycles. The van der Waals surface area contributed by atoms with Crippen molar-refractivity contribution in [1.29, 1.82) is 0 Å². The van der Waals surface area contributed by atoms with Gasteiger partial charge in [0.05, 0.1) is 17.1 Å². The number of aryl methyl sites for hydroxylation is 2. The van der Waals surface area contributed by atoms with E-state index in [4.69, 9.17) is 11.5 Å².